The Bertz CT molecular complexity index is 850. The number of carboxylic acids is 1. The first-order valence-corrected chi connectivity index (χ1v) is 10.4. The molecule has 0 atom stereocenters. The van der Waals surface area contributed by atoms with Crippen LogP contribution in [0.25, 0.3) is 0 Å². The van der Waals surface area contributed by atoms with Gasteiger partial charge in [0.2, 0.25) is 0 Å². The molecule has 0 heterocycles. The monoisotopic (exact) mass is 602 g/mol. The molecular weight excluding hydrogens is 606 g/mol. The van der Waals surface area contributed by atoms with Crippen molar-refractivity contribution in [1.29, 1.82) is 0 Å². The molecule has 0 aromatic heterocycles. The first kappa shape index (κ1) is 26.8. The van der Waals surface area contributed by atoms with Crippen molar-refractivity contribution in [2.75, 3.05) is 0 Å². The van der Waals surface area contributed by atoms with Crippen molar-refractivity contribution in [2.24, 2.45) is 0 Å². The number of aromatic carboxylic acids is 1. The molecule has 3 nitrogen and oxygen atoms in total. The molecule has 2 aromatic rings. The molecule has 0 amide bonds. The van der Waals surface area contributed by atoms with Crippen molar-refractivity contribution >= 4 is 139 Å². The molecule has 0 saturated heterocycles. The fourth-order valence-electron chi connectivity index (χ4n) is 1.57. The molecule has 2 aromatic carbocycles. The second kappa shape index (κ2) is 10.9. The van der Waals surface area contributed by atoms with Crippen molar-refractivity contribution in [3.8, 4) is 0 Å². The Balaban J connectivity index is 0.000000280. The lowest BCUT2D eigenvalue weighted by Gasteiger charge is -2.08. The van der Waals surface area contributed by atoms with Crippen molar-refractivity contribution < 1.29 is 14.7 Å². The molecule has 2 rings (SSSR count). The summed E-state index contributed by atoms with van der Waals surface area (Å²) in [6.07, 6.45) is 0. The third kappa shape index (κ3) is 5.52. The van der Waals surface area contributed by atoms with Crippen molar-refractivity contribution in [2.45, 2.75) is 0 Å². The van der Waals surface area contributed by atoms with Crippen LogP contribution in [0.5, 0.6) is 0 Å². The van der Waals surface area contributed by atoms with Gasteiger partial charge in [-0.2, -0.15) is 0 Å². The van der Waals surface area contributed by atoms with E-state index in [0.717, 1.165) is 0 Å². The largest absolute Gasteiger partial charge is 0.478 e. The van der Waals surface area contributed by atoms with E-state index in [1.807, 2.05) is 0 Å². The van der Waals surface area contributed by atoms with E-state index >= 15 is 0 Å². The predicted molar refractivity (Wildman–Crippen MR) is 120 cm³/mol. The first-order chi connectivity index (χ1) is 12.7. The Hall–Kier alpha value is 0.770. The minimum Gasteiger partial charge on any atom is -0.478 e. The van der Waals surface area contributed by atoms with Gasteiger partial charge in [-0.15, -0.1) is 0 Å². The molecular formula is C14HCl11O3. The van der Waals surface area contributed by atoms with Crippen LogP contribution in [-0.4, -0.2) is 16.3 Å². The third-order valence-corrected chi connectivity index (χ3v) is 7.57. The molecule has 0 bridgehead atoms. The summed E-state index contributed by atoms with van der Waals surface area (Å²) in [5.74, 6) is -1.32. The molecule has 152 valence electrons. The minimum absolute atomic E-state index is 0.00926. The Morgan fingerprint density at radius 3 is 0.893 bits per heavy atom. The maximum Gasteiger partial charge on any atom is 0.338 e. The summed E-state index contributed by atoms with van der Waals surface area (Å²) in [5.41, 5.74) is -0.498. The van der Waals surface area contributed by atoms with Gasteiger partial charge in [0.25, 0.3) is 5.24 Å². The van der Waals surface area contributed by atoms with Crippen LogP contribution in [0.3, 0.4) is 0 Å². The lowest BCUT2D eigenvalue weighted by Crippen LogP contribution is -2.00. The summed E-state index contributed by atoms with van der Waals surface area (Å²) in [4.78, 5) is 21.7. The van der Waals surface area contributed by atoms with Gasteiger partial charge in [0, 0.05) is 0 Å². The Labute approximate surface area is 213 Å². The SMILES string of the molecule is O=C(Cl)c1c(Cl)c(Cl)c(Cl)c(Cl)c1Cl.O=C(O)c1c(Cl)c(Cl)c(Cl)c(Cl)c1Cl. The van der Waals surface area contributed by atoms with Crippen LogP contribution in [0.1, 0.15) is 20.7 Å². The molecule has 0 aliphatic heterocycles. The van der Waals surface area contributed by atoms with Crippen molar-refractivity contribution in [3.63, 3.8) is 0 Å². The second-order valence-electron chi connectivity index (χ2n) is 4.47. The van der Waals surface area contributed by atoms with Gasteiger partial charge in [0.1, 0.15) is 0 Å². The zero-order valence-corrected chi connectivity index (χ0v) is 20.7. The van der Waals surface area contributed by atoms with Gasteiger partial charge >= 0.3 is 5.97 Å². The number of hydrogen-bond acceptors (Lipinski definition) is 2. The van der Waals surface area contributed by atoms with Crippen LogP contribution in [0.4, 0.5) is 0 Å². The van der Waals surface area contributed by atoms with Gasteiger partial charge in [-0.3, -0.25) is 4.79 Å². The smallest absolute Gasteiger partial charge is 0.338 e. The van der Waals surface area contributed by atoms with E-state index in [9.17, 15) is 9.59 Å². The number of rotatable bonds is 2. The summed E-state index contributed by atoms with van der Waals surface area (Å²) in [6, 6.07) is 0. The highest BCUT2D eigenvalue weighted by molar-refractivity contribution is 6.71. The van der Waals surface area contributed by atoms with Gasteiger partial charge in [-0.05, 0) is 11.6 Å². The van der Waals surface area contributed by atoms with Gasteiger partial charge in [0.15, 0.2) is 0 Å². The summed E-state index contributed by atoms with van der Waals surface area (Å²) >= 11 is 61.9. The van der Waals surface area contributed by atoms with Gasteiger partial charge in [0.05, 0.1) is 61.4 Å². The fourth-order valence-corrected chi connectivity index (χ4v) is 4.47. The Morgan fingerprint density at radius 2 is 0.679 bits per heavy atom. The van der Waals surface area contributed by atoms with E-state index in [-0.39, 0.29) is 61.4 Å². The van der Waals surface area contributed by atoms with Crippen molar-refractivity contribution in [1.82, 2.24) is 0 Å². The van der Waals surface area contributed by atoms with Crippen LogP contribution in [-0.2, 0) is 0 Å². The highest BCUT2D eigenvalue weighted by atomic mass is 35.5. The molecule has 0 fully saturated rings. The molecule has 0 unspecified atom stereocenters. The van der Waals surface area contributed by atoms with Gasteiger partial charge in [-0.1, -0.05) is 116 Å². The predicted octanol–water partition coefficient (Wildman–Crippen LogP) is 9.98. The van der Waals surface area contributed by atoms with E-state index in [1.54, 1.807) is 0 Å². The highest BCUT2D eigenvalue weighted by Gasteiger charge is 2.24. The average Bonchev–Trinajstić information content (AvgIpc) is 2.61. The molecule has 0 radical (unpaired) electrons. The number of carbonyl (C=O) groups is 2. The molecule has 0 saturated carbocycles. The summed E-state index contributed by atoms with van der Waals surface area (Å²) < 4.78 is 0. The van der Waals surface area contributed by atoms with Gasteiger partial charge < -0.3 is 5.11 Å². The van der Waals surface area contributed by atoms with Crippen LogP contribution in [0.15, 0.2) is 0 Å². The highest BCUT2D eigenvalue weighted by Crippen LogP contribution is 2.45. The fraction of sp³-hybridized carbons (Fsp3) is 0. The van der Waals surface area contributed by atoms with E-state index in [1.165, 1.54) is 0 Å². The molecule has 0 aliphatic carbocycles. The van der Waals surface area contributed by atoms with Crippen molar-refractivity contribution in [3.05, 3.63) is 61.4 Å². The molecule has 0 aliphatic rings. The van der Waals surface area contributed by atoms with Gasteiger partial charge in [-0.25, -0.2) is 4.79 Å². The number of carbonyl (C=O) groups excluding carboxylic acids is 1. The minimum atomic E-state index is -1.32. The van der Waals surface area contributed by atoms with Crippen LogP contribution >= 0.6 is 128 Å². The van der Waals surface area contributed by atoms with E-state index in [2.05, 4.69) is 0 Å². The van der Waals surface area contributed by atoms with E-state index in [0.29, 0.717) is 0 Å². The molecule has 28 heavy (non-hydrogen) atoms. The third-order valence-electron chi connectivity index (χ3n) is 2.83. The standard InChI is InChI=1S/C7Cl6O.C7HCl5O2/c2*8-2-1(7(13)14)3(9)5(11)6(12)4(2)10/h;(H,13,14). The lowest BCUT2D eigenvalue weighted by molar-refractivity contribution is 0.0697. The number of carboxylic acid groups (broad SMARTS) is 1. The average molecular weight is 607 g/mol. The number of hydrogen-bond donors (Lipinski definition) is 1. The van der Waals surface area contributed by atoms with Crippen LogP contribution < -0.4 is 0 Å². The number of benzene rings is 2. The second-order valence-corrected chi connectivity index (χ2v) is 8.59. The molecule has 1 N–H and O–H groups in total. The van der Waals surface area contributed by atoms with Crippen LogP contribution in [0, 0.1) is 0 Å². The summed E-state index contributed by atoms with van der Waals surface area (Å²) in [6.45, 7) is 0. The van der Waals surface area contributed by atoms with Crippen LogP contribution in [0.2, 0.25) is 50.2 Å². The Kier molecular flexibility index (Phi) is 10.4. The lowest BCUT2D eigenvalue weighted by atomic mass is 10.2. The van der Waals surface area contributed by atoms with E-state index in [4.69, 9.17) is 133 Å². The zero-order chi connectivity index (χ0) is 22.1. The summed E-state index contributed by atoms with van der Waals surface area (Å²) in [5, 5.41) is 6.83. The summed E-state index contributed by atoms with van der Waals surface area (Å²) in [7, 11) is 0. The topological polar surface area (TPSA) is 54.4 Å². The first-order valence-electron chi connectivity index (χ1n) is 6.21. The normalized spacial score (nSPS) is 10.4. The maximum atomic E-state index is 10.9. The quantitative estimate of drug-likeness (QED) is 0.210. The maximum absolute atomic E-state index is 10.9. The van der Waals surface area contributed by atoms with E-state index < -0.39 is 11.2 Å². The molecule has 0 spiro atoms. The zero-order valence-electron chi connectivity index (χ0n) is 12.4. The Morgan fingerprint density at radius 1 is 0.464 bits per heavy atom. The molecule has 14 heteroatoms. The number of halogens is 11.